The van der Waals surface area contributed by atoms with Crippen molar-refractivity contribution in [1.82, 2.24) is 0 Å². The first kappa shape index (κ1) is 12.8. The normalized spacial score (nSPS) is 17.5. The van der Waals surface area contributed by atoms with Crippen molar-refractivity contribution in [2.75, 3.05) is 30.9 Å². The molecule has 1 aliphatic heterocycles. The van der Waals surface area contributed by atoms with E-state index in [0.717, 1.165) is 0 Å². The van der Waals surface area contributed by atoms with Crippen LogP contribution in [0.1, 0.15) is 31.2 Å². The SMILES string of the molecule is CSc1cc(C(C)CO)ccc1N1CCCC1. The van der Waals surface area contributed by atoms with Gasteiger partial charge in [-0.2, -0.15) is 0 Å². The van der Waals surface area contributed by atoms with Crippen molar-refractivity contribution in [2.45, 2.75) is 30.6 Å². The highest BCUT2D eigenvalue weighted by Crippen LogP contribution is 2.33. The molecule has 0 radical (unpaired) electrons. The summed E-state index contributed by atoms with van der Waals surface area (Å²) in [5, 5.41) is 9.22. The van der Waals surface area contributed by atoms with Crippen LogP contribution in [0.4, 0.5) is 5.69 Å². The van der Waals surface area contributed by atoms with Crippen molar-refractivity contribution in [3.8, 4) is 0 Å². The van der Waals surface area contributed by atoms with E-state index in [4.69, 9.17) is 0 Å². The highest BCUT2D eigenvalue weighted by atomic mass is 32.2. The molecule has 0 aromatic heterocycles. The van der Waals surface area contributed by atoms with E-state index in [2.05, 4.69) is 36.3 Å². The van der Waals surface area contributed by atoms with Crippen LogP contribution in [-0.2, 0) is 0 Å². The molecule has 2 rings (SSSR count). The van der Waals surface area contributed by atoms with Crippen LogP contribution in [0.15, 0.2) is 23.1 Å². The fourth-order valence-corrected chi connectivity index (χ4v) is 2.99. The van der Waals surface area contributed by atoms with Crippen LogP contribution in [-0.4, -0.2) is 31.1 Å². The number of thioether (sulfide) groups is 1. The van der Waals surface area contributed by atoms with Crippen molar-refractivity contribution < 1.29 is 5.11 Å². The van der Waals surface area contributed by atoms with Gasteiger partial charge < -0.3 is 10.0 Å². The Balaban J connectivity index is 2.27. The zero-order valence-electron chi connectivity index (χ0n) is 10.6. The molecule has 0 aliphatic carbocycles. The van der Waals surface area contributed by atoms with Gasteiger partial charge in [0.05, 0.1) is 5.69 Å². The lowest BCUT2D eigenvalue weighted by molar-refractivity contribution is 0.273. The number of aliphatic hydroxyl groups is 1. The van der Waals surface area contributed by atoms with Crippen LogP contribution in [0.25, 0.3) is 0 Å². The summed E-state index contributed by atoms with van der Waals surface area (Å²) < 4.78 is 0. The van der Waals surface area contributed by atoms with E-state index in [0.29, 0.717) is 0 Å². The Morgan fingerprint density at radius 2 is 2.06 bits per heavy atom. The molecule has 17 heavy (non-hydrogen) atoms. The third kappa shape index (κ3) is 2.78. The molecule has 1 saturated heterocycles. The topological polar surface area (TPSA) is 23.5 Å². The average Bonchev–Trinajstić information content (AvgIpc) is 2.90. The lowest BCUT2D eigenvalue weighted by atomic mass is 10.0. The first-order valence-electron chi connectivity index (χ1n) is 6.30. The Morgan fingerprint density at radius 3 is 2.65 bits per heavy atom. The zero-order valence-corrected chi connectivity index (χ0v) is 11.5. The largest absolute Gasteiger partial charge is 0.396 e. The average molecular weight is 251 g/mol. The van der Waals surface area contributed by atoms with Gasteiger partial charge in [0.2, 0.25) is 0 Å². The molecule has 2 nitrogen and oxygen atoms in total. The Morgan fingerprint density at radius 1 is 1.35 bits per heavy atom. The molecule has 1 unspecified atom stereocenters. The maximum absolute atomic E-state index is 9.22. The molecular formula is C14H21NOS. The number of rotatable bonds is 4. The fraction of sp³-hybridized carbons (Fsp3) is 0.571. The minimum atomic E-state index is 0.219. The van der Waals surface area contributed by atoms with Crippen molar-refractivity contribution in [1.29, 1.82) is 0 Å². The van der Waals surface area contributed by atoms with Gasteiger partial charge in [-0.05, 0) is 36.8 Å². The summed E-state index contributed by atoms with van der Waals surface area (Å²) in [5.41, 5.74) is 2.60. The molecule has 0 bridgehead atoms. The standard InChI is InChI=1S/C14H21NOS/c1-11(10-16)12-5-6-13(14(9-12)17-2)15-7-3-4-8-15/h5-6,9,11,16H,3-4,7-8,10H2,1-2H3. The second kappa shape index (κ2) is 5.78. The van der Waals surface area contributed by atoms with E-state index in [1.54, 1.807) is 11.8 Å². The summed E-state index contributed by atoms with van der Waals surface area (Å²) in [6.07, 6.45) is 4.74. The summed E-state index contributed by atoms with van der Waals surface area (Å²) in [4.78, 5) is 3.81. The van der Waals surface area contributed by atoms with Gasteiger partial charge in [0, 0.05) is 30.5 Å². The van der Waals surface area contributed by atoms with Gasteiger partial charge >= 0.3 is 0 Å². The van der Waals surface area contributed by atoms with E-state index in [9.17, 15) is 5.11 Å². The molecule has 1 heterocycles. The first-order valence-corrected chi connectivity index (χ1v) is 7.52. The van der Waals surface area contributed by atoms with Crippen LogP contribution >= 0.6 is 11.8 Å². The second-order valence-electron chi connectivity index (χ2n) is 4.71. The number of hydrogen-bond acceptors (Lipinski definition) is 3. The minimum Gasteiger partial charge on any atom is -0.396 e. The highest BCUT2D eigenvalue weighted by Gasteiger charge is 2.16. The van der Waals surface area contributed by atoms with Crippen LogP contribution in [0.5, 0.6) is 0 Å². The number of benzene rings is 1. The second-order valence-corrected chi connectivity index (χ2v) is 5.56. The quantitative estimate of drug-likeness (QED) is 0.832. The fourth-order valence-electron chi connectivity index (χ4n) is 2.33. The van der Waals surface area contributed by atoms with Crippen LogP contribution in [0.3, 0.4) is 0 Å². The molecule has 1 aliphatic rings. The molecule has 1 fully saturated rings. The van der Waals surface area contributed by atoms with Gasteiger partial charge in [0.25, 0.3) is 0 Å². The molecular weight excluding hydrogens is 230 g/mol. The van der Waals surface area contributed by atoms with Gasteiger partial charge in [-0.3, -0.25) is 0 Å². The van der Waals surface area contributed by atoms with Gasteiger partial charge in [-0.1, -0.05) is 13.0 Å². The van der Waals surface area contributed by atoms with E-state index in [1.165, 1.54) is 42.1 Å². The minimum absolute atomic E-state index is 0.219. The molecule has 0 spiro atoms. The predicted molar refractivity (Wildman–Crippen MR) is 75.2 cm³/mol. The maximum atomic E-state index is 9.22. The Labute approximate surface area is 108 Å². The van der Waals surface area contributed by atoms with Gasteiger partial charge in [-0.25, -0.2) is 0 Å². The first-order chi connectivity index (χ1) is 8.26. The lowest BCUT2D eigenvalue weighted by Crippen LogP contribution is -2.18. The summed E-state index contributed by atoms with van der Waals surface area (Å²) >= 11 is 1.80. The van der Waals surface area contributed by atoms with Crippen molar-refractivity contribution in [3.05, 3.63) is 23.8 Å². The van der Waals surface area contributed by atoms with Gasteiger partial charge in [0.1, 0.15) is 0 Å². The maximum Gasteiger partial charge on any atom is 0.0504 e. The molecule has 0 saturated carbocycles. The zero-order chi connectivity index (χ0) is 12.3. The number of hydrogen-bond donors (Lipinski definition) is 1. The molecule has 1 aromatic carbocycles. The van der Waals surface area contributed by atoms with Crippen LogP contribution in [0, 0.1) is 0 Å². The van der Waals surface area contributed by atoms with Crippen molar-refractivity contribution in [2.24, 2.45) is 0 Å². The van der Waals surface area contributed by atoms with Crippen LogP contribution in [0.2, 0.25) is 0 Å². The lowest BCUT2D eigenvalue weighted by Gasteiger charge is -2.22. The summed E-state index contributed by atoms with van der Waals surface area (Å²) in [5.74, 6) is 0.230. The van der Waals surface area contributed by atoms with Crippen LogP contribution < -0.4 is 4.90 Å². The summed E-state index contributed by atoms with van der Waals surface area (Å²) in [7, 11) is 0. The molecule has 1 atom stereocenters. The molecule has 1 N–H and O–H groups in total. The highest BCUT2D eigenvalue weighted by molar-refractivity contribution is 7.98. The van der Waals surface area contributed by atoms with Crippen molar-refractivity contribution >= 4 is 17.4 Å². The number of aliphatic hydroxyl groups excluding tert-OH is 1. The molecule has 1 aromatic rings. The summed E-state index contributed by atoms with van der Waals surface area (Å²) in [6.45, 7) is 4.65. The Kier molecular flexibility index (Phi) is 4.35. The molecule has 94 valence electrons. The van der Waals surface area contributed by atoms with E-state index >= 15 is 0 Å². The van der Waals surface area contributed by atoms with Gasteiger partial charge in [0.15, 0.2) is 0 Å². The third-order valence-corrected chi connectivity index (χ3v) is 4.26. The van der Waals surface area contributed by atoms with E-state index in [-0.39, 0.29) is 12.5 Å². The summed E-state index contributed by atoms with van der Waals surface area (Å²) in [6, 6.07) is 6.62. The predicted octanol–water partition coefficient (Wildman–Crippen LogP) is 3.10. The Bertz CT molecular complexity index is 374. The number of nitrogens with zero attached hydrogens (tertiary/aromatic N) is 1. The van der Waals surface area contributed by atoms with Crippen molar-refractivity contribution in [3.63, 3.8) is 0 Å². The monoisotopic (exact) mass is 251 g/mol. The Hall–Kier alpha value is -0.670. The molecule has 0 amide bonds. The van der Waals surface area contributed by atoms with E-state index < -0.39 is 0 Å². The third-order valence-electron chi connectivity index (χ3n) is 3.49. The smallest absolute Gasteiger partial charge is 0.0504 e. The van der Waals surface area contributed by atoms with Gasteiger partial charge in [-0.15, -0.1) is 11.8 Å². The van der Waals surface area contributed by atoms with E-state index in [1.807, 2.05) is 0 Å². The number of anilines is 1. The molecule has 3 heteroatoms.